The maximum atomic E-state index is 5.58. The van der Waals surface area contributed by atoms with E-state index in [0.717, 1.165) is 24.2 Å². The first-order valence-electron chi connectivity index (χ1n) is 4.96. The van der Waals surface area contributed by atoms with Gasteiger partial charge in [0.25, 0.3) is 0 Å². The van der Waals surface area contributed by atoms with Crippen molar-refractivity contribution in [3.05, 3.63) is 24.3 Å². The topological polar surface area (TPSA) is 69.2 Å². The molecule has 16 heavy (non-hydrogen) atoms. The summed E-state index contributed by atoms with van der Waals surface area (Å²) < 4.78 is 5.58. The van der Waals surface area contributed by atoms with Gasteiger partial charge in [0.1, 0.15) is 0 Å². The molecule has 0 fully saturated rings. The summed E-state index contributed by atoms with van der Waals surface area (Å²) in [5.41, 5.74) is 1.10. The van der Waals surface area contributed by atoms with Gasteiger partial charge in [0, 0.05) is 0 Å². The fraction of sp³-hybridized carbons (Fsp3) is 0.500. The van der Waals surface area contributed by atoms with Crippen molar-refractivity contribution in [3.63, 3.8) is 0 Å². The van der Waals surface area contributed by atoms with Crippen LogP contribution in [0, 0.1) is 5.41 Å². The molecule has 0 spiro atoms. The predicted octanol–water partition coefficient (Wildman–Crippen LogP) is 1.94. The summed E-state index contributed by atoms with van der Waals surface area (Å²) >= 11 is 0. The summed E-state index contributed by atoms with van der Waals surface area (Å²) in [4.78, 5) is 0. The maximum Gasteiger partial charge on any atom is -0.870 e. The predicted molar refractivity (Wildman–Crippen MR) is 65.3 cm³/mol. The first kappa shape index (κ1) is 17.4. The van der Waals surface area contributed by atoms with Crippen LogP contribution in [-0.2, 0) is 0 Å². The van der Waals surface area contributed by atoms with Crippen LogP contribution in [0.2, 0.25) is 0 Å². The number of hydrogen-bond acceptors (Lipinski definition) is 3. The number of rotatable bonds is 3. The molecule has 0 radical (unpaired) electrons. The summed E-state index contributed by atoms with van der Waals surface area (Å²) in [6.45, 7) is 7.38. The van der Waals surface area contributed by atoms with Crippen molar-refractivity contribution >= 4 is 13.3 Å². The third-order valence-electron chi connectivity index (χ3n) is 2.00. The van der Waals surface area contributed by atoms with Crippen LogP contribution in [0.3, 0.4) is 0 Å². The van der Waals surface area contributed by atoms with E-state index in [-0.39, 0.29) is 11.0 Å². The molecular formula is C12H19BO3. The molecule has 88 valence electrons. The number of benzene rings is 1. The van der Waals surface area contributed by atoms with E-state index in [2.05, 4.69) is 20.8 Å². The second-order valence-corrected chi connectivity index (χ2v) is 4.73. The molecule has 0 aromatic heterocycles. The van der Waals surface area contributed by atoms with Crippen LogP contribution in [0.4, 0.5) is 0 Å². The van der Waals surface area contributed by atoms with E-state index in [1.54, 1.807) is 0 Å². The monoisotopic (exact) mass is 222 g/mol. The molecule has 3 nitrogen and oxygen atoms in total. The fourth-order valence-corrected chi connectivity index (χ4v) is 1.04. The van der Waals surface area contributed by atoms with Crippen molar-refractivity contribution in [3.8, 4) is 5.75 Å². The van der Waals surface area contributed by atoms with Gasteiger partial charge in [-0.05, 0) is 0 Å². The Hall–Kier alpha value is -0.995. The second kappa shape index (κ2) is 7.31. The quantitative estimate of drug-likeness (QED) is 0.733. The van der Waals surface area contributed by atoms with Gasteiger partial charge in [0.05, 0.1) is 0 Å². The molecule has 0 saturated carbocycles. The van der Waals surface area contributed by atoms with Crippen LogP contribution < -0.4 is 10.2 Å². The summed E-state index contributed by atoms with van der Waals surface area (Å²) in [5.74, 6) is 0.892. The molecule has 1 aromatic carbocycles. The molecule has 2 N–H and O–H groups in total. The van der Waals surface area contributed by atoms with Crippen LogP contribution >= 0.6 is 0 Å². The molecule has 0 aliphatic carbocycles. The van der Waals surface area contributed by atoms with Crippen molar-refractivity contribution in [1.82, 2.24) is 0 Å². The molecule has 1 aromatic rings. The molecule has 0 bridgehead atoms. The van der Waals surface area contributed by atoms with Gasteiger partial charge in [0.2, 0.25) is 0 Å². The first-order chi connectivity index (χ1) is 6.47. The minimum atomic E-state index is 0. The molecule has 4 heteroatoms. The Morgan fingerprint density at radius 3 is 2.00 bits per heavy atom. The largest absolute Gasteiger partial charge is 0.870 e. The molecule has 1 rings (SSSR count). The minimum Gasteiger partial charge on any atom is -0.870 e. The van der Waals surface area contributed by atoms with Crippen molar-refractivity contribution < 1.29 is 15.7 Å². The van der Waals surface area contributed by atoms with Crippen molar-refractivity contribution in [2.45, 2.75) is 27.2 Å². The van der Waals surface area contributed by atoms with Gasteiger partial charge in [-0.1, -0.05) is 0 Å². The molecule has 0 unspecified atom stereocenters. The van der Waals surface area contributed by atoms with Crippen LogP contribution in [0.15, 0.2) is 24.3 Å². The Bertz CT molecular complexity index is 277. The zero-order valence-corrected chi connectivity index (χ0v) is 10.1. The zero-order chi connectivity index (χ0) is 10.6. The van der Waals surface area contributed by atoms with E-state index in [0.29, 0.717) is 5.41 Å². The van der Waals surface area contributed by atoms with E-state index in [1.807, 2.05) is 24.3 Å². The van der Waals surface area contributed by atoms with Crippen molar-refractivity contribution in [1.29, 1.82) is 0 Å². The van der Waals surface area contributed by atoms with Crippen LogP contribution in [0.1, 0.15) is 27.2 Å². The van der Waals surface area contributed by atoms with Gasteiger partial charge in [-0.3, -0.25) is 0 Å². The number of ether oxygens (including phenoxy) is 1. The Balaban J connectivity index is 0. The SMILES string of the molecule is [B+2]c1ccc(OCCC(C)(C)C)cc1.[OH-].[OH-]. The molecule has 0 saturated heterocycles. The van der Waals surface area contributed by atoms with Gasteiger partial charge < -0.3 is 11.0 Å². The summed E-state index contributed by atoms with van der Waals surface area (Å²) in [6, 6.07) is 7.51. The summed E-state index contributed by atoms with van der Waals surface area (Å²) in [7, 11) is 5.57. The van der Waals surface area contributed by atoms with E-state index >= 15 is 0 Å². The minimum absolute atomic E-state index is 0. The van der Waals surface area contributed by atoms with Crippen LogP contribution in [0.25, 0.3) is 0 Å². The maximum absolute atomic E-state index is 5.58. The third-order valence-corrected chi connectivity index (χ3v) is 2.00. The molecule has 0 aliphatic rings. The van der Waals surface area contributed by atoms with Crippen molar-refractivity contribution in [2.24, 2.45) is 5.41 Å². The third kappa shape index (κ3) is 7.32. The molecule has 0 aliphatic heterocycles. The Kier molecular flexibility index (Phi) is 7.95. The normalized spacial score (nSPS) is 10.1. The second-order valence-electron chi connectivity index (χ2n) is 4.73. The molecule has 0 amide bonds. The first-order valence-corrected chi connectivity index (χ1v) is 4.96. The molecule has 0 atom stereocenters. The van der Waals surface area contributed by atoms with Crippen LogP contribution in [-0.4, -0.2) is 25.4 Å². The molecular weight excluding hydrogens is 203 g/mol. The fourth-order valence-electron chi connectivity index (χ4n) is 1.04. The zero-order valence-electron chi connectivity index (χ0n) is 10.1. The molecule has 0 heterocycles. The Morgan fingerprint density at radius 1 is 1.06 bits per heavy atom. The van der Waals surface area contributed by atoms with E-state index in [9.17, 15) is 0 Å². The van der Waals surface area contributed by atoms with Crippen LogP contribution in [0.5, 0.6) is 5.75 Å². The summed E-state index contributed by atoms with van der Waals surface area (Å²) in [5, 5.41) is 0. The Morgan fingerprint density at radius 2 is 1.56 bits per heavy atom. The smallest absolute Gasteiger partial charge is 0.870 e. The van der Waals surface area contributed by atoms with E-state index in [4.69, 9.17) is 12.6 Å². The van der Waals surface area contributed by atoms with E-state index in [1.165, 1.54) is 0 Å². The van der Waals surface area contributed by atoms with Gasteiger partial charge >= 0.3 is 87.3 Å². The van der Waals surface area contributed by atoms with Gasteiger partial charge in [-0.2, -0.15) is 0 Å². The standard InChI is InChI=1S/C12H17BO.2H2O/c1-12(2,3)8-9-14-11-6-4-10(13)5-7-11;;/h4-7H,8-9H2,1-3H3;2*1H2/q+2;;/p-2. The van der Waals surface area contributed by atoms with Crippen molar-refractivity contribution in [2.75, 3.05) is 6.61 Å². The van der Waals surface area contributed by atoms with Gasteiger partial charge in [-0.15, -0.1) is 0 Å². The average Bonchev–Trinajstić information content (AvgIpc) is 2.06. The number of hydrogen-bond donors (Lipinski definition) is 0. The van der Waals surface area contributed by atoms with Gasteiger partial charge in [-0.25, -0.2) is 0 Å². The summed E-state index contributed by atoms with van der Waals surface area (Å²) in [6.07, 6.45) is 1.05. The average molecular weight is 222 g/mol. The van der Waals surface area contributed by atoms with E-state index < -0.39 is 0 Å². The van der Waals surface area contributed by atoms with Gasteiger partial charge in [0.15, 0.2) is 0 Å². The Labute approximate surface area is 98.8 Å².